The number of Topliss-reactive ketones (excluding diaryl/α,β-unsaturated/α-hetero) is 1. The van der Waals surface area contributed by atoms with E-state index in [9.17, 15) is 4.79 Å². The summed E-state index contributed by atoms with van der Waals surface area (Å²) in [7, 11) is 0. The molecule has 2 aromatic carbocycles. The van der Waals surface area contributed by atoms with E-state index >= 15 is 0 Å². The number of rotatable bonds is 5. The minimum absolute atomic E-state index is 0.126. The normalized spacial score (nSPS) is 9.85. The predicted octanol–water partition coefficient (Wildman–Crippen LogP) is 3.22. The summed E-state index contributed by atoms with van der Waals surface area (Å²) in [5.41, 5.74) is 12.1. The van der Waals surface area contributed by atoms with Gasteiger partial charge in [-0.1, -0.05) is 48.0 Å². The number of nitrogens with zero attached hydrogens (tertiary/aromatic N) is 2. The van der Waals surface area contributed by atoms with Gasteiger partial charge < -0.3 is 5.53 Å². The SMILES string of the molecule is Cc1ccc(C(=[N+]=[N-])C(=O)CCc2ccccc2)cc1. The maximum absolute atomic E-state index is 12.1. The Labute approximate surface area is 118 Å². The smallest absolute Gasteiger partial charge is 0.361 e. The van der Waals surface area contributed by atoms with Crippen molar-refractivity contribution in [2.45, 2.75) is 19.8 Å². The highest BCUT2D eigenvalue weighted by atomic mass is 16.1. The highest BCUT2D eigenvalue weighted by Crippen LogP contribution is 2.08. The molecule has 0 unspecified atom stereocenters. The molecule has 0 saturated carbocycles. The van der Waals surface area contributed by atoms with Gasteiger partial charge in [-0.05, 0) is 31.0 Å². The van der Waals surface area contributed by atoms with Crippen molar-refractivity contribution in [3.05, 3.63) is 76.8 Å². The first-order valence-electron chi connectivity index (χ1n) is 6.57. The maximum Gasteiger partial charge on any atom is 0.364 e. The van der Waals surface area contributed by atoms with Crippen LogP contribution in [-0.2, 0) is 11.2 Å². The van der Waals surface area contributed by atoms with E-state index in [1.807, 2.05) is 49.4 Å². The lowest BCUT2D eigenvalue weighted by Gasteiger charge is -2.00. The van der Waals surface area contributed by atoms with Gasteiger partial charge in [0, 0.05) is 6.42 Å². The van der Waals surface area contributed by atoms with Crippen molar-refractivity contribution < 1.29 is 9.58 Å². The first-order valence-corrected chi connectivity index (χ1v) is 6.57. The van der Waals surface area contributed by atoms with Crippen LogP contribution in [0.25, 0.3) is 5.53 Å². The second-order valence-corrected chi connectivity index (χ2v) is 4.72. The van der Waals surface area contributed by atoms with E-state index in [1.54, 1.807) is 12.1 Å². The standard InChI is InChI=1S/C17H16N2O/c1-13-7-10-15(11-8-13)17(19-18)16(20)12-9-14-5-3-2-4-6-14/h2-8,10-11H,9,12H2,1H3. The highest BCUT2D eigenvalue weighted by Gasteiger charge is 2.21. The van der Waals surface area contributed by atoms with E-state index in [1.165, 1.54) is 0 Å². The maximum atomic E-state index is 12.1. The van der Waals surface area contributed by atoms with Gasteiger partial charge in [-0.3, -0.25) is 4.79 Å². The third-order valence-electron chi connectivity index (χ3n) is 3.17. The average molecular weight is 264 g/mol. The molecule has 0 fully saturated rings. The molecule has 0 N–H and O–H groups in total. The zero-order chi connectivity index (χ0) is 14.4. The molecule has 0 aliphatic heterocycles. The van der Waals surface area contributed by atoms with Gasteiger partial charge in [0.25, 0.3) is 0 Å². The van der Waals surface area contributed by atoms with Gasteiger partial charge in [-0.15, -0.1) is 0 Å². The fraction of sp³-hybridized carbons (Fsp3) is 0.176. The number of hydrogen-bond donors (Lipinski definition) is 0. The molecular formula is C17H16N2O. The Hall–Kier alpha value is -2.51. The van der Waals surface area contributed by atoms with Gasteiger partial charge in [0.05, 0.1) is 5.56 Å². The number of carbonyl (C=O) groups is 1. The van der Waals surface area contributed by atoms with Gasteiger partial charge in [0.2, 0.25) is 5.78 Å². The molecule has 0 spiro atoms. The molecule has 0 saturated heterocycles. The zero-order valence-electron chi connectivity index (χ0n) is 11.4. The molecule has 0 amide bonds. The Kier molecular flexibility index (Phi) is 4.59. The van der Waals surface area contributed by atoms with Gasteiger partial charge >= 0.3 is 5.71 Å². The molecule has 0 bridgehead atoms. The number of benzene rings is 2. The van der Waals surface area contributed by atoms with E-state index in [0.717, 1.165) is 11.1 Å². The van der Waals surface area contributed by atoms with Crippen molar-refractivity contribution in [3.63, 3.8) is 0 Å². The van der Waals surface area contributed by atoms with Crippen LogP contribution in [-0.4, -0.2) is 16.3 Å². The molecule has 2 rings (SSSR count). The summed E-state index contributed by atoms with van der Waals surface area (Å²) in [5, 5.41) is 0. The summed E-state index contributed by atoms with van der Waals surface area (Å²) in [6.07, 6.45) is 0.974. The van der Waals surface area contributed by atoms with Crippen molar-refractivity contribution in [1.29, 1.82) is 0 Å². The van der Waals surface area contributed by atoms with Crippen molar-refractivity contribution >= 4 is 11.5 Å². The Morgan fingerprint density at radius 2 is 1.70 bits per heavy atom. The number of aryl methyl sites for hydroxylation is 2. The zero-order valence-corrected chi connectivity index (χ0v) is 11.4. The van der Waals surface area contributed by atoms with Gasteiger partial charge in [0.15, 0.2) is 0 Å². The van der Waals surface area contributed by atoms with Crippen molar-refractivity contribution in [1.82, 2.24) is 0 Å². The average Bonchev–Trinajstić information content (AvgIpc) is 2.49. The molecule has 3 nitrogen and oxygen atoms in total. The second-order valence-electron chi connectivity index (χ2n) is 4.72. The Bertz CT molecular complexity index is 638. The van der Waals surface area contributed by atoms with Crippen molar-refractivity contribution in [3.8, 4) is 0 Å². The monoisotopic (exact) mass is 264 g/mol. The fourth-order valence-electron chi connectivity index (χ4n) is 2.01. The van der Waals surface area contributed by atoms with Crippen LogP contribution in [0.3, 0.4) is 0 Å². The Balaban J connectivity index is 2.07. The molecule has 2 aromatic rings. The lowest BCUT2D eigenvalue weighted by atomic mass is 10.00. The van der Waals surface area contributed by atoms with Crippen molar-refractivity contribution in [2.75, 3.05) is 0 Å². The largest absolute Gasteiger partial charge is 0.364 e. The van der Waals surface area contributed by atoms with Crippen LogP contribution in [0.15, 0.2) is 54.6 Å². The second kappa shape index (κ2) is 6.60. The van der Waals surface area contributed by atoms with Crippen LogP contribution in [0.2, 0.25) is 0 Å². The molecule has 100 valence electrons. The van der Waals surface area contributed by atoms with Gasteiger partial charge in [-0.2, -0.15) is 4.79 Å². The van der Waals surface area contributed by atoms with E-state index in [0.29, 0.717) is 18.4 Å². The molecular weight excluding hydrogens is 248 g/mol. The van der Waals surface area contributed by atoms with E-state index in [-0.39, 0.29) is 11.5 Å². The molecule has 0 aromatic heterocycles. The van der Waals surface area contributed by atoms with Crippen LogP contribution in [0, 0.1) is 6.92 Å². The molecule has 0 aliphatic rings. The van der Waals surface area contributed by atoms with Crippen LogP contribution in [0.5, 0.6) is 0 Å². The number of ketones is 1. The summed E-state index contributed by atoms with van der Waals surface area (Å²) in [5.74, 6) is -0.153. The van der Waals surface area contributed by atoms with Crippen LogP contribution in [0.1, 0.15) is 23.1 Å². The Morgan fingerprint density at radius 1 is 1.05 bits per heavy atom. The molecule has 0 atom stereocenters. The Morgan fingerprint density at radius 3 is 2.30 bits per heavy atom. The molecule has 20 heavy (non-hydrogen) atoms. The van der Waals surface area contributed by atoms with Gasteiger partial charge in [0.1, 0.15) is 0 Å². The van der Waals surface area contributed by atoms with Gasteiger partial charge in [-0.25, -0.2) is 0 Å². The first kappa shape index (κ1) is 13.9. The molecule has 0 aliphatic carbocycles. The summed E-state index contributed by atoms with van der Waals surface area (Å²) in [6, 6.07) is 17.2. The summed E-state index contributed by atoms with van der Waals surface area (Å²) in [4.78, 5) is 15.3. The first-order chi connectivity index (χ1) is 9.70. The van der Waals surface area contributed by atoms with Crippen LogP contribution in [0.4, 0.5) is 0 Å². The third kappa shape index (κ3) is 3.50. The van der Waals surface area contributed by atoms with Crippen LogP contribution >= 0.6 is 0 Å². The van der Waals surface area contributed by atoms with Crippen LogP contribution < -0.4 is 0 Å². The lowest BCUT2D eigenvalue weighted by Crippen LogP contribution is -2.17. The highest BCUT2D eigenvalue weighted by molar-refractivity contribution is 6.43. The quantitative estimate of drug-likeness (QED) is 0.464. The molecule has 3 heteroatoms. The topological polar surface area (TPSA) is 53.5 Å². The van der Waals surface area contributed by atoms with E-state index < -0.39 is 0 Å². The summed E-state index contributed by atoms with van der Waals surface area (Å²) in [6.45, 7) is 1.97. The fourth-order valence-corrected chi connectivity index (χ4v) is 2.01. The molecule has 0 heterocycles. The summed E-state index contributed by atoms with van der Waals surface area (Å²) >= 11 is 0. The number of carbonyl (C=O) groups excluding carboxylic acids is 1. The van der Waals surface area contributed by atoms with Crippen molar-refractivity contribution in [2.24, 2.45) is 0 Å². The van der Waals surface area contributed by atoms with E-state index in [4.69, 9.17) is 5.53 Å². The third-order valence-corrected chi connectivity index (χ3v) is 3.17. The summed E-state index contributed by atoms with van der Waals surface area (Å²) < 4.78 is 0. The minimum Gasteiger partial charge on any atom is -0.361 e. The minimum atomic E-state index is -0.153. The number of hydrogen-bond acceptors (Lipinski definition) is 1. The lowest BCUT2D eigenvalue weighted by molar-refractivity contribution is -0.117. The molecule has 0 radical (unpaired) electrons. The predicted molar refractivity (Wildman–Crippen MR) is 78.7 cm³/mol. The van der Waals surface area contributed by atoms with E-state index in [2.05, 4.69) is 4.79 Å².